The molecule has 2 aromatic rings. The van der Waals surface area contributed by atoms with Crippen LogP contribution in [0.4, 0.5) is 5.82 Å². The first kappa shape index (κ1) is 20.4. The lowest BCUT2D eigenvalue weighted by molar-refractivity contribution is -0.115. The largest absolute Gasteiger partial charge is 0.358 e. The van der Waals surface area contributed by atoms with Gasteiger partial charge in [-0.05, 0) is 44.8 Å². The molecule has 1 aromatic heterocycles. The number of carbonyl (C=O) groups is 1. The Kier molecular flexibility index (Phi) is 6.77. The van der Waals surface area contributed by atoms with Crippen LogP contribution in [0.1, 0.15) is 12.0 Å². The van der Waals surface area contributed by atoms with E-state index in [9.17, 15) is 4.79 Å². The van der Waals surface area contributed by atoms with Crippen molar-refractivity contribution in [2.75, 3.05) is 39.1 Å². The Morgan fingerprint density at radius 1 is 1.21 bits per heavy atom. The number of nitrogens with one attached hydrogen (secondary N) is 1. The maximum Gasteiger partial charge on any atom is 0.263 e. The highest BCUT2D eigenvalue weighted by Gasteiger charge is 2.21. The van der Waals surface area contributed by atoms with Crippen LogP contribution >= 0.6 is 24.0 Å². The number of aromatic nitrogens is 2. The summed E-state index contributed by atoms with van der Waals surface area (Å²) in [7, 11) is 6.18. The zero-order chi connectivity index (χ0) is 20.1. The van der Waals surface area contributed by atoms with E-state index in [2.05, 4.69) is 34.2 Å². The van der Waals surface area contributed by atoms with Gasteiger partial charge in [0.2, 0.25) is 0 Å². The van der Waals surface area contributed by atoms with E-state index in [4.69, 9.17) is 17.2 Å². The number of benzene rings is 1. The number of rotatable bonds is 7. The van der Waals surface area contributed by atoms with Crippen molar-refractivity contribution in [1.82, 2.24) is 20.2 Å². The molecular weight excluding hydrogens is 390 g/mol. The van der Waals surface area contributed by atoms with Gasteiger partial charge in [-0.15, -0.1) is 0 Å². The smallest absolute Gasteiger partial charge is 0.263 e. The quantitative estimate of drug-likeness (QED) is 0.553. The molecule has 1 fully saturated rings. The van der Waals surface area contributed by atoms with Crippen LogP contribution in [0.25, 0.3) is 17.3 Å². The lowest BCUT2D eigenvalue weighted by Crippen LogP contribution is -2.24. The molecule has 1 aromatic carbocycles. The average molecular weight is 414 g/mol. The summed E-state index contributed by atoms with van der Waals surface area (Å²) in [6, 6.07) is 7.90. The highest BCUT2D eigenvalue weighted by atomic mass is 32.2. The van der Waals surface area contributed by atoms with Crippen LogP contribution in [0.2, 0.25) is 0 Å². The van der Waals surface area contributed by atoms with Crippen LogP contribution in [0.5, 0.6) is 0 Å². The van der Waals surface area contributed by atoms with E-state index in [-0.39, 0.29) is 5.91 Å². The zero-order valence-corrected chi connectivity index (χ0v) is 17.8. The number of anilines is 1. The molecule has 3 rings (SSSR count). The van der Waals surface area contributed by atoms with Crippen molar-refractivity contribution in [2.24, 2.45) is 0 Å². The van der Waals surface area contributed by atoms with Gasteiger partial charge in [0.15, 0.2) is 0 Å². The minimum absolute atomic E-state index is 0.151. The molecule has 0 radical (unpaired) electrons. The molecule has 0 bridgehead atoms. The molecule has 1 aliphatic heterocycles. The second-order valence-electron chi connectivity index (χ2n) is 6.82. The molecule has 0 aliphatic carbocycles. The standard InChI is InChI=1S/C20H23N5OS2/c1-24(2)8-5-9-25(3)18-13-21-12-16(22-18)15-7-4-6-14(10-15)11-17-19(26)23-20(27)28-17/h4,6-7,10-13H,5,8-9H2,1-3H3,(H,23,26,27). The van der Waals surface area contributed by atoms with Crippen molar-refractivity contribution < 1.29 is 4.79 Å². The van der Waals surface area contributed by atoms with Gasteiger partial charge in [0.1, 0.15) is 10.1 Å². The number of hydrogen-bond acceptors (Lipinski definition) is 7. The number of thiocarbonyl (C=S) groups is 1. The molecule has 0 spiro atoms. The van der Waals surface area contributed by atoms with Crippen LogP contribution in [-0.2, 0) is 4.79 Å². The Morgan fingerprint density at radius 3 is 2.75 bits per heavy atom. The Bertz CT molecular complexity index is 913. The SMILES string of the molecule is CN(C)CCCN(C)c1cncc(-c2cccc(C=C3SC(=S)NC3=O)c2)n1. The van der Waals surface area contributed by atoms with Crippen LogP contribution in [0.3, 0.4) is 0 Å². The van der Waals surface area contributed by atoms with Crippen LogP contribution < -0.4 is 10.2 Å². The molecule has 28 heavy (non-hydrogen) atoms. The Balaban J connectivity index is 1.78. The fraction of sp³-hybridized carbons (Fsp3) is 0.300. The van der Waals surface area contributed by atoms with Crippen molar-refractivity contribution in [3.05, 3.63) is 47.1 Å². The van der Waals surface area contributed by atoms with Gasteiger partial charge in [0.05, 0.1) is 23.0 Å². The van der Waals surface area contributed by atoms with Crippen LogP contribution in [0, 0.1) is 0 Å². The highest BCUT2D eigenvalue weighted by Crippen LogP contribution is 2.27. The Hall–Kier alpha value is -2.29. The number of amides is 1. The van der Waals surface area contributed by atoms with E-state index in [1.807, 2.05) is 37.4 Å². The minimum Gasteiger partial charge on any atom is -0.358 e. The number of carbonyl (C=O) groups excluding carboxylic acids is 1. The van der Waals surface area contributed by atoms with E-state index >= 15 is 0 Å². The highest BCUT2D eigenvalue weighted by molar-refractivity contribution is 8.26. The third-order valence-electron chi connectivity index (χ3n) is 4.23. The second-order valence-corrected chi connectivity index (χ2v) is 8.54. The number of nitrogens with zero attached hydrogens (tertiary/aromatic N) is 4. The molecule has 1 N–H and O–H groups in total. The molecule has 6 nitrogen and oxygen atoms in total. The molecule has 146 valence electrons. The summed E-state index contributed by atoms with van der Waals surface area (Å²) in [6.07, 6.45) is 6.44. The van der Waals surface area contributed by atoms with E-state index < -0.39 is 0 Å². The van der Waals surface area contributed by atoms with Gasteiger partial charge in [-0.25, -0.2) is 4.98 Å². The first-order valence-corrected chi connectivity index (χ1v) is 10.2. The summed E-state index contributed by atoms with van der Waals surface area (Å²) in [5, 5.41) is 2.63. The Morgan fingerprint density at radius 2 is 2.04 bits per heavy atom. The fourth-order valence-electron chi connectivity index (χ4n) is 2.78. The van der Waals surface area contributed by atoms with E-state index in [0.717, 1.165) is 42.1 Å². The average Bonchev–Trinajstić information content (AvgIpc) is 2.98. The van der Waals surface area contributed by atoms with E-state index in [1.54, 1.807) is 12.4 Å². The third-order valence-corrected chi connectivity index (χ3v) is 5.40. The molecule has 1 saturated heterocycles. The lowest BCUT2D eigenvalue weighted by atomic mass is 10.1. The molecule has 0 saturated carbocycles. The van der Waals surface area contributed by atoms with E-state index in [1.165, 1.54) is 11.8 Å². The van der Waals surface area contributed by atoms with Crippen molar-refractivity contribution in [3.8, 4) is 11.3 Å². The van der Waals surface area contributed by atoms with Gasteiger partial charge >= 0.3 is 0 Å². The van der Waals surface area contributed by atoms with Crippen molar-refractivity contribution in [1.29, 1.82) is 0 Å². The third kappa shape index (κ3) is 5.37. The number of thioether (sulfide) groups is 1. The molecule has 1 amide bonds. The van der Waals surface area contributed by atoms with Crippen molar-refractivity contribution in [3.63, 3.8) is 0 Å². The van der Waals surface area contributed by atoms with Crippen LogP contribution in [0.15, 0.2) is 41.6 Å². The normalized spacial score (nSPS) is 15.4. The summed E-state index contributed by atoms with van der Waals surface area (Å²) in [5.74, 6) is 0.692. The molecule has 0 atom stereocenters. The molecular formula is C20H23N5OS2. The molecule has 8 heteroatoms. The summed E-state index contributed by atoms with van der Waals surface area (Å²) in [5.41, 5.74) is 2.68. The lowest BCUT2D eigenvalue weighted by Gasteiger charge is -2.19. The summed E-state index contributed by atoms with van der Waals surface area (Å²) in [4.78, 5) is 25.9. The van der Waals surface area contributed by atoms with Crippen molar-refractivity contribution >= 4 is 46.1 Å². The number of hydrogen-bond donors (Lipinski definition) is 1. The van der Waals surface area contributed by atoms with Gasteiger partial charge in [0, 0.05) is 19.2 Å². The first-order valence-electron chi connectivity index (χ1n) is 8.95. The van der Waals surface area contributed by atoms with Gasteiger partial charge in [-0.1, -0.05) is 42.2 Å². The van der Waals surface area contributed by atoms with E-state index in [0.29, 0.717) is 9.23 Å². The first-order chi connectivity index (χ1) is 13.4. The zero-order valence-electron chi connectivity index (χ0n) is 16.2. The Labute approximate surface area is 175 Å². The summed E-state index contributed by atoms with van der Waals surface area (Å²) in [6.45, 7) is 1.94. The second kappa shape index (κ2) is 9.27. The maximum atomic E-state index is 11.9. The topological polar surface area (TPSA) is 61.4 Å². The van der Waals surface area contributed by atoms with Gasteiger partial charge < -0.3 is 15.1 Å². The van der Waals surface area contributed by atoms with Gasteiger partial charge in [0.25, 0.3) is 5.91 Å². The van der Waals surface area contributed by atoms with Crippen LogP contribution in [-0.4, -0.2) is 59.3 Å². The predicted molar refractivity (Wildman–Crippen MR) is 120 cm³/mol. The molecule has 0 unspecified atom stereocenters. The maximum absolute atomic E-state index is 11.9. The van der Waals surface area contributed by atoms with Gasteiger partial charge in [-0.3, -0.25) is 9.78 Å². The predicted octanol–water partition coefficient (Wildman–Crippen LogP) is 3.02. The fourth-order valence-corrected chi connectivity index (χ4v) is 3.82. The van der Waals surface area contributed by atoms with Gasteiger partial charge in [-0.2, -0.15) is 0 Å². The molecule has 1 aliphatic rings. The molecule has 2 heterocycles. The monoisotopic (exact) mass is 413 g/mol. The summed E-state index contributed by atoms with van der Waals surface area (Å²) >= 11 is 6.32. The summed E-state index contributed by atoms with van der Waals surface area (Å²) < 4.78 is 0.489. The minimum atomic E-state index is -0.151. The van der Waals surface area contributed by atoms with Crippen molar-refractivity contribution in [2.45, 2.75) is 6.42 Å².